The molecular weight excluding hydrogens is 485 g/mol. The summed E-state index contributed by atoms with van der Waals surface area (Å²) in [6.45, 7) is 2.37. The molecule has 1 aromatic carbocycles. The minimum absolute atomic E-state index is 0.267. The zero-order valence-electron chi connectivity index (χ0n) is 9.13. The lowest BCUT2D eigenvalue weighted by atomic mass is 10.2. The number of benzene rings is 1. The monoisotopic (exact) mass is 495 g/mol. The fourth-order valence-corrected chi connectivity index (χ4v) is 4.32. The molecule has 0 saturated heterocycles. The van der Waals surface area contributed by atoms with E-state index >= 15 is 0 Å². The molecule has 0 unspecified atom stereocenters. The fourth-order valence-electron chi connectivity index (χ4n) is 1.19. The molecule has 0 atom stereocenters. The largest absolute Gasteiger partial charge is 0.241 e. The number of nitrogens with one attached hydrogen (secondary N) is 1. The zero-order chi connectivity index (χ0) is 13.1. The van der Waals surface area contributed by atoms with Gasteiger partial charge in [-0.3, -0.25) is 0 Å². The molecule has 0 amide bonds. The maximum Gasteiger partial charge on any atom is 0.241 e. The molecule has 3 nitrogen and oxygen atoms in total. The van der Waals surface area contributed by atoms with Gasteiger partial charge in [0.1, 0.15) is 0 Å². The molecular formula is C10H12Br2INO2S. The highest BCUT2D eigenvalue weighted by atomic mass is 127. The SMILES string of the molecule is Cc1cc(Br)c(S(=O)(=O)NCCCI)cc1Br. The van der Waals surface area contributed by atoms with Gasteiger partial charge in [0.25, 0.3) is 0 Å². The highest BCUT2D eigenvalue weighted by molar-refractivity contribution is 14.1. The predicted octanol–water partition coefficient (Wildman–Crippen LogP) is 3.62. The number of halogens is 3. The van der Waals surface area contributed by atoms with Crippen LogP contribution in [0.3, 0.4) is 0 Å². The molecule has 17 heavy (non-hydrogen) atoms. The summed E-state index contributed by atoms with van der Waals surface area (Å²) in [6.07, 6.45) is 0.824. The third-order valence-corrected chi connectivity index (χ3v) is 6.14. The summed E-state index contributed by atoms with van der Waals surface area (Å²) in [5, 5.41) is 0. The summed E-state index contributed by atoms with van der Waals surface area (Å²) in [6, 6.07) is 3.41. The first kappa shape index (κ1) is 15.9. The summed E-state index contributed by atoms with van der Waals surface area (Å²) in [7, 11) is -3.43. The van der Waals surface area contributed by atoms with Crippen LogP contribution in [0.1, 0.15) is 12.0 Å². The van der Waals surface area contributed by atoms with Gasteiger partial charge in [0.05, 0.1) is 4.90 Å². The normalized spacial score (nSPS) is 11.8. The van der Waals surface area contributed by atoms with Gasteiger partial charge in [-0.25, -0.2) is 13.1 Å². The van der Waals surface area contributed by atoms with Crippen molar-refractivity contribution in [2.24, 2.45) is 0 Å². The van der Waals surface area contributed by atoms with Crippen LogP contribution >= 0.6 is 54.5 Å². The molecule has 96 valence electrons. The summed E-state index contributed by atoms with van der Waals surface area (Å²) >= 11 is 8.84. The van der Waals surface area contributed by atoms with Crippen molar-refractivity contribution >= 4 is 64.5 Å². The second kappa shape index (κ2) is 6.83. The van der Waals surface area contributed by atoms with E-state index in [1.165, 1.54) is 0 Å². The third-order valence-electron chi connectivity index (χ3n) is 2.11. The minimum atomic E-state index is -3.43. The first-order valence-corrected chi connectivity index (χ1v) is 9.49. The Morgan fingerprint density at radius 1 is 1.29 bits per heavy atom. The summed E-state index contributed by atoms with van der Waals surface area (Å²) in [4.78, 5) is 0.267. The van der Waals surface area contributed by atoms with Crippen molar-refractivity contribution in [1.29, 1.82) is 0 Å². The fraction of sp³-hybridized carbons (Fsp3) is 0.400. The Kier molecular flexibility index (Phi) is 6.38. The summed E-state index contributed by atoms with van der Waals surface area (Å²) in [5.41, 5.74) is 0.989. The quantitative estimate of drug-likeness (QED) is 0.384. The van der Waals surface area contributed by atoms with Gasteiger partial charge in [0, 0.05) is 19.9 Å². The number of hydrogen-bond acceptors (Lipinski definition) is 2. The third kappa shape index (κ3) is 4.45. The average Bonchev–Trinajstić information content (AvgIpc) is 2.23. The zero-order valence-corrected chi connectivity index (χ0v) is 15.3. The van der Waals surface area contributed by atoms with Gasteiger partial charge in [-0.05, 0) is 47.0 Å². The van der Waals surface area contributed by atoms with E-state index in [0.29, 0.717) is 11.0 Å². The van der Waals surface area contributed by atoms with Crippen LogP contribution in [0.4, 0.5) is 0 Å². The van der Waals surface area contributed by atoms with Crippen molar-refractivity contribution < 1.29 is 8.42 Å². The number of hydrogen-bond donors (Lipinski definition) is 1. The first-order valence-electron chi connectivity index (χ1n) is 4.90. The second-order valence-electron chi connectivity index (χ2n) is 3.47. The van der Waals surface area contributed by atoms with Crippen molar-refractivity contribution in [3.05, 3.63) is 26.6 Å². The van der Waals surface area contributed by atoms with Crippen LogP contribution in [-0.4, -0.2) is 19.4 Å². The van der Waals surface area contributed by atoms with Gasteiger partial charge < -0.3 is 0 Å². The first-order chi connectivity index (χ1) is 7.88. The number of sulfonamides is 1. The van der Waals surface area contributed by atoms with Crippen molar-refractivity contribution in [3.8, 4) is 0 Å². The van der Waals surface area contributed by atoms with E-state index in [9.17, 15) is 8.42 Å². The van der Waals surface area contributed by atoms with Crippen LogP contribution in [0.5, 0.6) is 0 Å². The Morgan fingerprint density at radius 2 is 1.94 bits per heavy atom. The Labute approximate surface area is 132 Å². The van der Waals surface area contributed by atoms with E-state index in [2.05, 4.69) is 59.2 Å². The number of aryl methyl sites for hydroxylation is 1. The lowest BCUT2D eigenvalue weighted by molar-refractivity contribution is 0.580. The highest BCUT2D eigenvalue weighted by Crippen LogP contribution is 2.28. The van der Waals surface area contributed by atoms with Crippen molar-refractivity contribution in [2.45, 2.75) is 18.2 Å². The smallest absolute Gasteiger partial charge is 0.211 e. The predicted molar refractivity (Wildman–Crippen MR) is 85.3 cm³/mol. The molecule has 0 saturated carbocycles. The van der Waals surface area contributed by atoms with Crippen LogP contribution in [0.2, 0.25) is 0 Å². The second-order valence-corrected chi connectivity index (χ2v) is 7.99. The van der Waals surface area contributed by atoms with E-state index < -0.39 is 10.0 Å². The molecule has 0 aliphatic heterocycles. The molecule has 0 aliphatic rings. The van der Waals surface area contributed by atoms with Crippen molar-refractivity contribution in [1.82, 2.24) is 4.72 Å². The van der Waals surface area contributed by atoms with Gasteiger partial charge in [-0.1, -0.05) is 38.5 Å². The van der Waals surface area contributed by atoms with E-state index in [0.717, 1.165) is 20.9 Å². The molecule has 1 rings (SSSR count). The molecule has 0 radical (unpaired) electrons. The molecule has 0 spiro atoms. The molecule has 0 aromatic heterocycles. The van der Waals surface area contributed by atoms with Crippen LogP contribution in [-0.2, 0) is 10.0 Å². The minimum Gasteiger partial charge on any atom is -0.211 e. The Balaban J connectivity index is 3.03. The average molecular weight is 497 g/mol. The van der Waals surface area contributed by atoms with Crippen LogP contribution < -0.4 is 4.72 Å². The number of alkyl halides is 1. The Hall–Kier alpha value is 0.820. The van der Waals surface area contributed by atoms with Gasteiger partial charge in [0.2, 0.25) is 10.0 Å². The molecule has 0 aliphatic carbocycles. The summed E-state index contributed by atoms with van der Waals surface area (Å²) in [5.74, 6) is 0. The lowest BCUT2D eigenvalue weighted by Gasteiger charge is -2.09. The Bertz CT molecular complexity index is 505. The van der Waals surface area contributed by atoms with Crippen LogP contribution in [0.15, 0.2) is 26.0 Å². The maximum absolute atomic E-state index is 12.0. The number of rotatable bonds is 5. The van der Waals surface area contributed by atoms with E-state index in [4.69, 9.17) is 0 Å². The molecule has 1 aromatic rings. The van der Waals surface area contributed by atoms with E-state index in [-0.39, 0.29) is 4.90 Å². The maximum atomic E-state index is 12.0. The van der Waals surface area contributed by atoms with Crippen LogP contribution in [0, 0.1) is 6.92 Å². The Morgan fingerprint density at radius 3 is 2.53 bits per heavy atom. The molecule has 0 heterocycles. The van der Waals surface area contributed by atoms with Gasteiger partial charge in [-0.15, -0.1) is 0 Å². The van der Waals surface area contributed by atoms with Gasteiger partial charge in [-0.2, -0.15) is 0 Å². The lowest BCUT2D eigenvalue weighted by Crippen LogP contribution is -2.25. The summed E-state index contributed by atoms with van der Waals surface area (Å²) < 4.78 is 28.9. The van der Waals surface area contributed by atoms with Crippen molar-refractivity contribution in [2.75, 3.05) is 11.0 Å². The van der Waals surface area contributed by atoms with E-state index in [1.807, 2.05) is 6.92 Å². The van der Waals surface area contributed by atoms with E-state index in [1.54, 1.807) is 12.1 Å². The highest BCUT2D eigenvalue weighted by Gasteiger charge is 2.18. The van der Waals surface area contributed by atoms with Crippen LogP contribution in [0.25, 0.3) is 0 Å². The topological polar surface area (TPSA) is 46.2 Å². The van der Waals surface area contributed by atoms with Gasteiger partial charge >= 0.3 is 0 Å². The van der Waals surface area contributed by atoms with Crippen molar-refractivity contribution in [3.63, 3.8) is 0 Å². The molecule has 7 heteroatoms. The molecule has 0 bridgehead atoms. The molecule has 0 fully saturated rings. The molecule has 1 N–H and O–H groups in total. The standard InChI is InChI=1S/C10H12Br2INO2S/c1-7-5-9(12)10(6-8(7)11)17(15,16)14-4-2-3-13/h5-6,14H,2-4H2,1H3. The van der Waals surface area contributed by atoms with Gasteiger partial charge in [0.15, 0.2) is 0 Å².